The number of hydrogen-bond acceptors (Lipinski definition) is 5. The number of nitrogens with zero attached hydrogens (tertiary/aromatic N) is 3. The van der Waals surface area contributed by atoms with Gasteiger partial charge in [-0.05, 0) is 17.7 Å². The van der Waals surface area contributed by atoms with Crippen LogP contribution >= 0.6 is 0 Å². The summed E-state index contributed by atoms with van der Waals surface area (Å²) in [5, 5.41) is 0. The Bertz CT molecular complexity index is 717. The molecule has 2 aliphatic rings. The van der Waals surface area contributed by atoms with Gasteiger partial charge in [0.25, 0.3) is 0 Å². The van der Waals surface area contributed by atoms with E-state index in [0.717, 1.165) is 11.3 Å². The summed E-state index contributed by atoms with van der Waals surface area (Å²) < 4.78 is 18.4. The smallest absolute Gasteiger partial charge is 0.231 e. The van der Waals surface area contributed by atoms with Crippen molar-refractivity contribution < 1.29 is 19.0 Å². The lowest BCUT2D eigenvalue weighted by atomic mass is 10.1. The summed E-state index contributed by atoms with van der Waals surface area (Å²) in [7, 11) is 0. The van der Waals surface area contributed by atoms with Gasteiger partial charge in [-0.2, -0.15) is 0 Å². The summed E-state index contributed by atoms with van der Waals surface area (Å²) in [6.07, 6.45) is 5.75. The van der Waals surface area contributed by atoms with Gasteiger partial charge in [0.15, 0.2) is 11.5 Å². The van der Waals surface area contributed by atoms with Gasteiger partial charge in [0, 0.05) is 25.5 Å². The molecule has 7 nitrogen and oxygen atoms in total. The van der Waals surface area contributed by atoms with Crippen molar-refractivity contribution in [3.63, 3.8) is 0 Å². The van der Waals surface area contributed by atoms with Crippen LogP contribution in [-0.4, -0.2) is 53.0 Å². The molecule has 24 heavy (non-hydrogen) atoms. The number of carbonyl (C=O) groups is 1. The summed E-state index contributed by atoms with van der Waals surface area (Å²) in [5.41, 5.74) is 0.932. The van der Waals surface area contributed by atoms with Crippen LogP contribution in [0.4, 0.5) is 0 Å². The Hall–Kier alpha value is -2.54. The summed E-state index contributed by atoms with van der Waals surface area (Å²) in [6.45, 7) is 2.73. The lowest BCUT2D eigenvalue weighted by molar-refractivity contribution is -0.138. The van der Waals surface area contributed by atoms with E-state index in [0.29, 0.717) is 38.4 Å². The third-order valence-corrected chi connectivity index (χ3v) is 4.26. The van der Waals surface area contributed by atoms with E-state index in [1.165, 1.54) is 0 Å². The fraction of sp³-hybridized carbons (Fsp3) is 0.412. The van der Waals surface area contributed by atoms with Gasteiger partial charge in [-0.3, -0.25) is 4.79 Å². The standard InChI is InChI=1S/C17H19N3O4/c21-17(8-13-1-2-15-16(7-13)24-12-23-15)20-5-6-22-14(10-20)9-19-4-3-18-11-19/h1-4,7,11,14H,5-6,8-10,12H2. The van der Waals surface area contributed by atoms with Crippen LogP contribution in [0.2, 0.25) is 0 Å². The Morgan fingerprint density at radius 2 is 2.21 bits per heavy atom. The van der Waals surface area contributed by atoms with Gasteiger partial charge in [0.2, 0.25) is 12.7 Å². The second-order valence-corrected chi connectivity index (χ2v) is 5.96. The fourth-order valence-corrected chi connectivity index (χ4v) is 3.02. The Morgan fingerprint density at radius 3 is 3.08 bits per heavy atom. The highest BCUT2D eigenvalue weighted by Gasteiger charge is 2.25. The molecular formula is C17H19N3O4. The van der Waals surface area contributed by atoms with Crippen LogP contribution < -0.4 is 9.47 Å². The van der Waals surface area contributed by atoms with Crippen LogP contribution in [0.1, 0.15) is 5.56 Å². The Labute approximate surface area is 139 Å². The summed E-state index contributed by atoms with van der Waals surface area (Å²) in [4.78, 5) is 18.5. The molecule has 1 aromatic carbocycles. The van der Waals surface area contributed by atoms with Crippen LogP contribution in [0.15, 0.2) is 36.9 Å². The van der Waals surface area contributed by atoms with Crippen molar-refractivity contribution in [3.05, 3.63) is 42.5 Å². The van der Waals surface area contributed by atoms with E-state index in [1.54, 1.807) is 12.5 Å². The molecule has 1 saturated heterocycles. The molecule has 3 heterocycles. The average molecular weight is 329 g/mol. The summed E-state index contributed by atoms with van der Waals surface area (Å²) >= 11 is 0. The fourth-order valence-electron chi connectivity index (χ4n) is 3.02. The maximum atomic E-state index is 12.6. The van der Waals surface area contributed by atoms with Gasteiger partial charge in [0.1, 0.15) is 0 Å². The molecule has 0 spiro atoms. The zero-order valence-electron chi connectivity index (χ0n) is 13.3. The first-order valence-electron chi connectivity index (χ1n) is 8.01. The SMILES string of the molecule is O=C(Cc1ccc2c(c1)OCO2)N1CCOC(Cn2ccnc2)C1. The first-order chi connectivity index (χ1) is 11.8. The number of imidazole rings is 1. The maximum Gasteiger partial charge on any atom is 0.231 e. The predicted molar refractivity (Wildman–Crippen MR) is 84.8 cm³/mol. The van der Waals surface area contributed by atoms with Gasteiger partial charge in [-0.15, -0.1) is 0 Å². The van der Waals surface area contributed by atoms with E-state index in [4.69, 9.17) is 14.2 Å². The van der Waals surface area contributed by atoms with Crippen molar-refractivity contribution in [2.45, 2.75) is 19.1 Å². The lowest BCUT2D eigenvalue weighted by Gasteiger charge is -2.33. The number of ether oxygens (including phenoxy) is 3. The molecule has 1 amide bonds. The van der Waals surface area contributed by atoms with Gasteiger partial charge < -0.3 is 23.7 Å². The van der Waals surface area contributed by atoms with Gasteiger partial charge in [-0.25, -0.2) is 4.98 Å². The van der Waals surface area contributed by atoms with E-state index < -0.39 is 0 Å². The van der Waals surface area contributed by atoms with E-state index in [1.807, 2.05) is 33.9 Å². The molecule has 2 aromatic rings. The van der Waals surface area contributed by atoms with Crippen molar-refractivity contribution >= 4 is 5.91 Å². The normalized spacial score (nSPS) is 19.5. The Morgan fingerprint density at radius 1 is 1.29 bits per heavy atom. The van der Waals surface area contributed by atoms with Crippen LogP contribution in [-0.2, 0) is 22.5 Å². The monoisotopic (exact) mass is 329 g/mol. The highest BCUT2D eigenvalue weighted by molar-refractivity contribution is 5.79. The number of morpholine rings is 1. The third kappa shape index (κ3) is 3.21. The van der Waals surface area contributed by atoms with Crippen molar-refractivity contribution in [2.75, 3.05) is 26.5 Å². The summed E-state index contributed by atoms with van der Waals surface area (Å²) in [6, 6.07) is 5.64. The molecule has 1 fully saturated rings. The molecule has 0 bridgehead atoms. The number of carbonyl (C=O) groups excluding carboxylic acids is 1. The second-order valence-electron chi connectivity index (χ2n) is 5.96. The molecule has 1 unspecified atom stereocenters. The molecule has 1 aromatic heterocycles. The zero-order chi connectivity index (χ0) is 16.4. The third-order valence-electron chi connectivity index (χ3n) is 4.26. The van der Waals surface area contributed by atoms with Crippen LogP contribution in [0, 0.1) is 0 Å². The van der Waals surface area contributed by atoms with Gasteiger partial charge >= 0.3 is 0 Å². The van der Waals surface area contributed by atoms with Crippen LogP contribution in [0.3, 0.4) is 0 Å². The molecule has 0 aliphatic carbocycles. The number of benzene rings is 1. The van der Waals surface area contributed by atoms with Crippen LogP contribution in [0.5, 0.6) is 11.5 Å². The highest BCUT2D eigenvalue weighted by atomic mass is 16.7. The molecule has 0 N–H and O–H groups in total. The van der Waals surface area contributed by atoms with Crippen LogP contribution in [0.25, 0.3) is 0 Å². The Balaban J connectivity index is 1.37. The number of fused-ring (bicyclic) bond motifs is 1. The maximum absolute atomic E-state index is 12.6. The highest BCUT2D eigenvalue weighted by Crippen LogP contribution is 2.32. The molecule has 126 valence electrons. The van der Waals surface area contributed by atoms with Crippen molar-refractivity contribution in [1.29, 1.82) is 0 Å². The molecule has 0 saturated carbocycles. The van der Waals surface area contributed by atoms with Gasteiger partial charge in [0.05, 0.1) is 32.0 Å². The van der Waals surface area contributed by atoms with E-state index >= 15 is 0 Å². The predicted octanol–water partition coefficient (Wildman–Crippen LogP) is 1.08. The number of aromatic nitrogens is 2. The van der Waals surface area contributed by atoms with Crippen molar-refractivity contribution in [2.24, 2.45) is 0 Å². The lowest BCUT2D eigenvalue weighted by Crippen LogP contribution is -2.47. The zero-order valence-corrected chi connectivity index (χ0v) is 13.3. The van der Waals surface area contributed by atoms with E-state index in [9.17, 15) is 4.79 Å². The first-order valence-corrected chi connectivity index (χ1v) is 8.01. The number of amides is 1. The molecule has 7 heteroatoms. The summed E-state index contributed by atoms with van der Waals surface area (Å²) in [5.74, 6) is 1.55. The molecule has 0 radical (unpaired) electrons. The van der Waals surface area contributed by atoms with Crippen molar-refractivity contribution in [1.82, 2.24) is 14.5 Å². The van der Waals surface area contributed by atoms with E-state index in [-0.39, 0.29) is 18.8 Å². The largest absolute Gasteiger partial charge is 0.454 e. The van der Waals surface area contributed by atoms with E-state index in [2.05, 4.69) is 4.98 Å². The minimum atomic E-state index is -0.00588. The molecule has 4 rings (SSSR count). The quantitative estimate of drug-likeness (QED) is 0.840. The molecule has 1 atom stereocenters. The average Bonchev–Trinajstić information content (AvgIpc) is 3.26. The number of hydrogen-bond donors (Lipinski definition) is 0. The minimum absolute atomic E-state index is 0.00588. The number of rotatable bonds is 4. The molecule has 2 aliphatic heterocycles. The molecular weight excluding hydrogens is 310 g/mol. The van der Waals surface area contributed by atoms with Crippen molar-refractivity contribution in [3.8, 4) is 11.5 Å². The topological polar surface area (TPSA) is 65.8 Å². The second kappa shape index (κ2) is 6.52. The Kier molecular flexibility index (Phi) is 4.08. The first kappa shape index (κ1) is 15.0. The van der Waals surface area contributed by atoms with Gasteiger partial charge in [-0.1, -0.05) is 6.07 Å². The minimum Gasteiger partial charge on any atom is -0.454 e.